The highest BCUT2D eigenvalue weighted by molar-refractivity contribution is 9.11. The van der Waals surface area contributed by atoms with Crippen molar-refractivity contribution in [3.05, 3.63) is 54.1 Å². The third kappa shape index (κ3) is 4.30. The molecule has 1 nitrogen and oxygen atoms in total. The van der Waals surface area contributed by atoms with Crippen molar-refractivity contribution in [2.24, 2.45) is 0 Å². The van der Waals surface area contributed by atoms with Crippen molar-refractivity contribution in [2.45, 2.75) is 19.4 Å². The third-order valence-electron chi connectivity index (χ3n) is 2.70. The van der Waals surface area contributed by atoms with Crippen LogP contribution in [0.15, 0.2) is 38.6 Å². The summed E-state index contributed by atoms with van der Waals surface area (Å²) in [5.74, 6) is 0. The summed E-state index contributed by atoms with van der Waals surface area (Å²) in [7, 11) is 0. The highest BCUT2D eigenvalue weighted by atomic mass is 79.9. The van der Waals surface area contributed by atoms with E-state index in [1.165, 1.54) is 10.4 Å². The van der Waals surface area contributed by atoms with E-state index in [-0.39, 0.29) is 6.04 Å². The highest BCUT2D eigenvalue weighted by Crippen LogP contribution is 2.33. The molecule has 1 atom stereocenters. The lowest BCUT2D eigenvalue weighted by atomic mass is 10.1. The second-order valence-corrected chi connectivity index (χ2v) is 8.08. The molecule has 0 aliphatic carbocycles. The number of nitrogens with one attached hydrogen (secondary N) is 1. The fourth-order valence-corrected chi connectivity index (χ4v) is 4.31. The van der Waals surface area contributed by atoms with Gasteiger partial charge >= 0.3 is 0 Å². The van der Waals surface area contributed by atoms with Gasteiger partial charge in [-0.3, -0.25) is 0 Å². The monoisotopic (exact) mass is 421 g/mol. The Bertz CT molecular complexity index is 536. The van der Waals surface area contributed by atoms with Crippen LogP contribution in [-0.4, -0.2) is 6.54 Å². The minimum absolute atomic E-state index is 0.186. The average molecular weight is 424 g/mol. The van der Waals surface area contributed by atoms with Crippen molar-refractivity contribution in [3.8, 4) is 0 Å². The fourth-order valence-electron chi connectivity index (χ4n) is 1.90. The number of hydrogen-bond acceptors (Lipinski definition) is 2. The lowest BCUT2D eigenvalue weighted by molar-refractivity contribution is 0.606. The maximum Gasteiger partial charge on any atom is 0.0702 e. The number of hydrogen-bond donors (Lipinski definition) is 1. The lowest BCUT2D eigenvalue weighted by Crippen LogP contribution is -2.22. The molecule has 19 heavy (non-hydrogen) atoms. The molecule has 0 aliphatic heterocycles. The van der Waals surface area contributed by atoms with Crippen LogP contribution in [0.2, 0.25) is 5.02 Å². The minimum atomic E-state index is 0.186. The molecule has 0 amide bonds. The van der Waals surface area contributed by atoms with Crippen molar-refractivity contribution in [2.75, 3.05) is 6.54 Å². The van der Waals surface area contributed by atoms with Crippen LogP contribution in [-0.2, 0) is 0 Å². The van der Waals surface area contributed by atoms with Gasteiger partial charge in [-0.1, -0.05) is 34.5 Å². The standard InChI is InChI=1S/C14H14Br2ClNS/c1-2-5-18-14(12-3-4-13(16)19-12)9-6-10(15)8-11(17)7-9/h3-4,6-8,14,18H,2,5H2,1H3. The molecule has 0 radical (unpaired) electrons. The van der Waals surface area contributed by atoms with E-state index in [2.05, 4.69) is 62.3 Å². The summed E-state index contributed by atoms with van der Waals surface area (Å²) in [5.41, 5.74) is 1.18. The van der Waals surface area contributed by atoms with Gasteiger partial charge < -0.3 is 5.32 Å². The zero-order valence-electron chi connectivity index (χ0n) is 10.4. The molecule has 2 rings (SSSR count). The van der Waals surface area contributed by atoms with Gasteiger partial charge in [-0.15, -0.1) is 11.3 Å². The predicted molar refractivity (Wildman–Crippen MR) is 91.3 cm³/mol. The number of benzene rings is 1. The van der Waals surface area contributed by atoms with Crippen molar-refractivity contribution in [1.82, 2.24) is 5.32 Å². The summed E-state index contributed by atoms with van der Waals surface area (Å²) in [6.07, 6.45) is 1.10. The first-order valence-electron chi connectivity index (χ1n) is 6.04. The molecule has 0 fully saturated rings. The summed E-state index contributed by atoms with van der Waals surface area (Å²) in [5, 5.41) is 4.33. The van der Waals surface area contributed by atoms with Crippen LogP contribution in [0.4, 0.5) is 0 Å². The van der Waals surface area contributed by atoms with E-state index in [1.54, 1.807) is 11.3 Å². The Morgan fingerprint density at radius 2 is 2.05 bits per heavy atom. The first kappa shape index (κ1) is 15.5. The molecule has 0 saturated carbocycles. The predicted octanol–water partition coefficient (Wildman–Crippen LogP) is 6.02. The Hall–Kier alpha value is 0.130. The quantitative estimate of drug-likeness (QED) is 0.620. The average Bonchev–Trinajstić information content (AvgIpc) is 2.75. The summed E-state index contributed by atoms with van der Waals surface area (Å²) in [4.78, 5) is 1.29. The Labute approximate surface area is 139 Å². The molecular formula is C14H14Br2ClNS. The zero-order valence-corrected chi connectivity index (χ0v) is 15.2. The highest BCUT2D eigenvalue weighted by Gasteiger charge is 2.16. The summed E-state index contributed by atoms with van der Waals surface area (Å²) in [6.45, 7) is 3.15. The van der Waals surface area contributed by atoms with Gasteiger partial charge in [-0.05, 0) is 64.8 Å². The zero-order chi connectivity index (χ0) is 13.8. The van der Waals surface area contributed by atoms with Gasteiger partial charge in [0.25, 0.3) is 0 Å². The van der Waals surface area contributed by atoms with E-state index in [0.717, 1.165) is 26.2 Å². The van der Waals surface area contributed by atoms with Crippen LogP contribution < -0.4 is 5.32 Å². The summed E-state index contributed by atoms with van der Waals surface area (Å²) < 4.78 is 2.15. The maximum atomic E-state index is 6.16. The molecule has 1 aromatic heterocycles. The topological polar surface area (TPSA) is 12.0 Å². The Kier molecular flexibility index (Phi) is 5.90. The fraction of sp³-hybridized carbons (Fsp3) is 0.286. The molecule has 1 heterocycles. The molecule has 102 valence electrons. The largest absolute Gasteiger partial charge is 0.306 e. The smallest absolute Gasteiger partial charge is 0.0702 e. The van der Waals surface area contributed by atoms with Crippen LogP contribution >= 0.6 is 54.8 Å². The van der Waals surface area contributed by atoms with Crippen LogP contribution in [0, 0.1) is 0 Å². The molecule has 0 aliphatic rings. The van der Waals surface area contributed by atoms with E-state index < -0.39 is 0 Å². The van der Waals surface area contributed by atoms with Gasteiger partial charge in [-0.2, -0.15) is 0 Å². The van der Waals surface area contributed by atoms with Gasteiger partial charge in [-0.25, -0.2) is 0 Å². The Morgan fingerprint density at radius 1 is 1.26 bits per heavy atom. The van der Waals surface area contributed by atoms with E-state index >= 15 is 0 Å². The van der Waals surface area contributed by atoms with Crippen molar-refractivity contribution >= 4 is 54.8 Å². The van der Waals surface area contributed by atoms with E-state index in [9.17, 15) is 0 Å². The second kappa shape index (κ2) is 7.23. The SMILES string of the molecule is CCCNC(c1cc(Cl)cc(Br)c1)c1ccc(Br)s1. The first-order chi connectivity index (χ1) is 9.10. The normalized spacial score (nSPS) is 12.6. The number of rotatable bonds is 5. The minimum Gasteiger partial charge on any atom is -0.306 e. The van der Waals surface area contributed by atoms with Crippen molar-refractivity contribution in [1.29, 1.82) is 0 Å². The molecular weight excluding hydrogens is 409 g/mol. The van der Waals surface area contributed by atoms with Crippen LogP contribution in [0.25, 0.3) is 0 Å². The van der Waals surface area contributed by atoms with Crippen LogP contribution in [0.3, 0.4) is 0 Å². The maximum absolute atomic E-state index is 6.16. The summed E-state index contributed by atoms with van der Waals surface area (Å²) >= 11 is 14.9. The molecule has 1 N–H and O–H groups in total. The second-order valence-electron chi connectivity index (χ2n) is 4.23. The first-order valence-corrected chi connectivity index (χ1v) is 8.83. The molecule has 1 aromatic carbocycles. The van der Waals surface area contributed by atoms with Crippen LogP contribution in [0.5, 0.6) is 0 Å². The molecule has 2 aromatic rings. The molecule has 5 heteroatoms. The van der Waals surface area contributed by atoms with Gasteiger partial charge in [0.1, 0.15) is 0 Å². The number of halogens is 3. The molecule has 1 unspecified atom stereocenters. The van der Waals surface area contributed by atoms with Crippen molar-refractivity contribution < 1.29 is 0 Å². The lowest BCUT2D eigenvalue weighted by Gasteiger charge is -2.18. The molecule has 0 spiro atoms. The Morgan fingerprint density at radius 3 is 2.63 bits per heavy atom. The summed E-state index contributed by atoms with van der Waals surface area (Å²) in [6, 6.07) is 10.5. The van der Waals surface area contributed by atoms with Gasteiger partial charge in [0, 0.05) is 14.4 Å². The van der Waals surface area contributed by atoms with Gasteiger partial charge in [0.15, 0.2) is 0 Å². The molecule has 0 bridgehead atoms. The van der Waals surface area contributed by atoms with Gasteiger partial charge in [0.2, 0.25) is 0 Å². The number of thiophene rings is 1. The third-order valence-corrected chi connectivity index (χ3v) is 5.06. The van der Waals surface area contributed by atoms with Crippen molar-refractivity contribution in [3.63, 3.8) is 0 Å². The van der Waals surface area contributed by atoms with E-state index in [0.29, 0.717) is 0 Å². The van der Waals surface area contributed by atoms with Gasteiger partial charge in [0.05, 0.1) is 9.83 Å². The Balaban J connectivity index is 2.36. The molecule has 0 saturated heterocycles. The van der Waals surface area contributed by atoms with E-state index in [1.807, 2.05) is 12.1 Å². The van der Waals surface area contributed by atoms with E-state index in [4.69, 9.17) is 11.6 Å². The van der Waals surface area contributed by atoms with Crippen LogP contribution in [0.1, 0.15) is 29.8 Å².